The van der Waals surface area contributed by atoms with E-state index in [1.807, 2.05) is 0 Å². The van der Waals surface area contributed by atoms with Gasteiger partial charge in [0, 0.05) is 13.6 Å². The van der Waals surface area contributed by atoms with Crippen LogP contribution in [-0.4, -0.2) is 31.0 Å². The van der Waals surface area contributed by atoms with Crippen molar-refractivity contribution in [1.82, 2.24) is 4.90 Å². The SMILES string of the molecule is CN(CC1CCCCC1)C(=O)COc1ccccc1F. The van der Waals surface area contributed by atoms with Crippen molar-refractivity contribution in [2.45, 2.75) is 32.1 Å². The monoisotopic (exact) mass is 279 g/mol. The summed E-state index contributed by atoms with van der Waals surface area (Å²) < 4.78 is 18.6. The van der Waals surface area contributed by atoms with Crippen LogP contribution in [0.3, 0.4) is 0 Å². The Morgan fingerprint density at radius 1 is 1.30 bits per heavy atom. The predicted octanol–water partition coefficient (Wildman–Crippen LogP) is 3.24. The molecule has 0 radical (unpaired) electrons. The van der Waals surface area contributed by atoms with E-state index < -0.39 is 5.82 Å². The zero-order valence-electron chi connectivity index (χ0n) is 12.0. The first kappa shape index (κ1) is 14.8. The predicted molar refractivity (Wildman–Crippen MR) is 76.1 cm³/mol. The number of carbonyl (C=O) groups excluding carboxylic acids is 1. The van der Waals surface area contributed by atoms with Gasteiger partial charge in [-0.25, -0.2) is 4.39 Å². The van der Waals surface area contributed by atoms with Crippen molar-refractivity contribution in [1.29, 1.82) is 0 Å². The van der Waals surface area contributed by atoms with Crippen LogP contribution in [-0.2, 0) is 4.79 Å². The van der Waals surface area contributed by atoms with Crippen molar-refractivity contribution in [3.05, 3.63) is 30.1 Å². The van der Waals surface area contributed by atoms with Gasteiger partial charge in [-0.1, -0.05) is 31.4 Å². The molecule has 1 aliphatic rings. The molecule has 4 heteroatoms. The number of nitrogens with zero attached hydrogens (tertiary/aromatic N) is 1. The average molecular weight is 279 g/mol. The molecule has 3 nitrogen and oxygen atoms in total. The number of para-hydroxylation sites is 1. The quantitative estimate of drug-likeness (QED) is 0.828. The van der Waals surface area contributed by atoms with Gasteiger partial charge < -0.3 is 9.64 Å². The zero-order chi connectivity index (χ0) is 14.4. The number of hydrogen-bond acceptors (Lipinski definition) is 2. The molecule has 0 saturated heterocycles. The van der Waals surface area contributed by atoms with Gasteiger partial charge in [-0.05, 0) is 30.9 Å². The Bertz CT molecular complexity index is 444. The lowest BCUT2D eigenvalue weighted by Crippen LogP contribution is -2.35. The van der Waals surface area contributed by atoms with Crippen LogP contribution in [0.1, 0.15) is 32.1 Å². The summed E-state index contributed by atoms with van der Waals surface area (Å²) in [5.74, 6) is 0.201. The van der Waals surface area contributed by atoms with Crippen LogP contribution in [0.2, 0.25) is 0 Å². The maximum atomic E-state index is 13.4. The number of carbonyl (C=O) groups is 1. The van der Waals surface area contributed by atoms with Gasteiger partial charge in [0.15, 0.2) is 18.2 Å². The van der Waals surface area contributed by atoms with E-state index >= 15 is 0 Å². The molecule has 1 aliphatic carbocycles. The van der Waals surface area contributed by atoms with E-state index in [2.05, 4.69) is 0 Å². The van der Waals surface area contributed by atoms with E-state index in [4.69, 9.17) is 4.74 Å². The minimum atomic E-state index is -0.435. The summed E-state index contributed by atoms with van der Waals surface area (Å²) in [7, 11) is 1.79. The van der Waals surface area contributed by atoms with Crippen LogP contribution in [0.5, 0.6) is 5.75 Å². The second kappa shape index (κ2) is 7.27. The fourth-order valence-electron chi connectivity index (χ4n) is 2.67. The van der Waals surface area contributed by atoms with Gasteiger partial charge in [-0.2, -0.15) is 0 Å². The van der Waals surface area contributed by atoms with Crippen molar-refractivity contribution >= 4 is 5.91 Å². The van der Waals surface area contributed by atoms with E-state index in [9.17, 15) is 9.18 Å². The molecular weight excluding hydrogens is 257 g/mol. The summed E-state index contributed by atoms with van der Waals surface area (Å²) in [5.41, 5.74) is 0. The van der Waals surface area contributed by atoms with E-state index in [0.29, 0.717) is 5.92 Å². The number of benzene rings is 1. The molecule has 0 bridgehead atoms. The van der Waals surface area contributed by atoms with Crippen LogP contribution in [0.15, 0.2) is 24.3 Å². The van der Waals surface area contributed by atoms with Crippen molar-refractivity contribution in [3.8, 4) is 5.75 Å². The first-order chi connectivity index (χ1) is 9.66. The van der Waals surface area contributed by atoms with E-state index in [1.54, 1.807) is 24.1 Å². The number of hydrogen-bond donors (Lipinski definition) is 0. The average Bonchev–Trinajstić information content (AvgIpc) is 2.47. The Labute approximate surface area is 119 Å². The molecule has 2 rings (SSSR count). The van der Waals surface area contributed by atoms with Gasteiger partial charge >= 0.3 is 0 Å². The number of likely N-dealkylation sites (N-methyl/N-ethyl adjacent to an activating group) is 1. The molecule has 0 N–H and O–H groups in total. The van der Waals surface area contributed by atoms with E-state index in [1.165, 1.54) is 44.2 Å². The van der Waals surface area contributed by atoms with E-state index in [0.717, 1.165) is 6.54 Å². The molecule has 0 aliphatic heterocycles. The molecule has 1 aromatic carbocycles. The Morgan fingerprint density at radius 3 is 2.70 bits per heavy atom. The van der Waals surface area contributed by atoms with Gasteiger partial charge in [-0.15, -0.1) is 0 Å². The Hall–Kier alpha value is -1.58. The van der Waals surface area contributed by atoms with Crippen LogP contribution >= 0.6 is 0 Å². The molecule has 0 heterocycles. The fourth-order valence-corrected chi connectivity index (χ4v) is 2.67. The van der Waals surface area contributed by atoms with Gasteiger partial charge in [-0.3, -0.25) is 4.79 Å². The third kappa shape index (κ3) is 4.22. The minimum absolute atomic E-state index is 0.0983. The van der Waals surface area contributed by atoms with Crippen LogP contribution < -0.4 is 4.74 Å². The Kier molecular flexibility index (Phi) is 5.39. The van der Waals surface area contributed by atoms with E-state index in [-0.39, 0.29) is 18.3 Å². The van der Waals surface area contributed by atoms with Gasteiger partial charge in [0.05, 0.1) is 0 Å². The molecule has 1 fully saturated rings. The lowest BCUT2D eigenvalue weighted by molar-refractivity contribution is -0.132. The lowest BCUT2D eigenvalue weighted by atomic mass is 9.89. The number of amides is 1. The second-order valence-corrected chi connectivity index (χ2v) is 5.50. The molecule has 1 amide bonds. The van der Waals surface area contributed by atoms with Gasteiger partial charge in [0.1, 0.15) is 0 Å². The minimum Gasteiger partial charge on any atom is -0.481 e. The maximum Gasteiger partial charge on any atom is 0.260 e. The summed E-state index contributed by atoms with van der Waals surface area (Å²) in [6.45, 7) is 0.670. The summed E-state index contributed by atoms with van der Waals surface area (Å²) in [6.07, 6.45) is 6.24. The molecule has 1 saturated carbocycles. The van der Waals surface area contributed by atoms with Gasteiger partial charge in [0.25, 0.3) is 5.91 Å². The van der Waals surface area contributed by atoms with Crippen LogP contribution in [0.25, 0.3) is 0 Å². The molecule has 0 atom stereocenters. The highest BCUT2D eigenvalue weighted by molar-refractivity contribution is 5.77. The number of ether oxygens (including phenoxy) is 1. The third-order valence-corrected chi connectivity index (χ3v) is 3.87. The first-order valence-corrected chi connectivity index (χ1v) is 7.28. The first-order valence-electron chi connectivity index (χ1n) is 7.28. The molecule has 110 valence electrons. The van der Waals surface area contributed by atoms with Crippen molar-refractivity contribution in [3.63, 3.8) is 0 Å². The molecule has 1 aromatic rings. The summed E-state index contributed by atoms with van der Waals surface area (Å²) in [4.78, 5) is 13.7. The zero-order valence-corrected chi connectivity index (χ0v) is 12.0. The normalized spacial score (nSPS) is 15.9. The largest absolute Gasteiger partial charge is 0.481 e. The van der Waals surface area contributed by atoms with Crippen molar-refractivity contribution < 1.29 is 13.9 Å². The second-order valence-electron chi connectivity index (χ2n) is 5.50. The lowest BCUT2D eigenvalue weighted by Gasteiger charge is -2.27. The highest BCUT2D eigenvalue weighted by Crippen LogP contribution is 2.24. The summed E-state index contributed by atoms with van der Waals surface area (Å²) in [6, 6.07) is 6.14. The van der Waals surface area contributed by atoms with Crippen LogP contribution in [0.4, 0.5) is 4.39 Å². The fraction of sp³-hybridized carbons (Fsp3) is 0.562. The maximum absolute atomic E-state index is 13.4. The summed E-state index contributed by atoms with van der Waals surface area (Å²) >= 11 is 0. The number of rotatable bonds is 5. The molecular formula is C16H22FNO2. The highest BCUT2D eigenvalue weighted by Gasteiger charge is 2.18. The Morgan fingerprint density at radius 2 is 2.00 bits per heavy atom. The Balaban J connectivity index is 1.77. The number of halogens is 1. The molecule has 20 heavy (non-hydrogen) atoms. The standard InChI is InChI=1S/C16H22FNO2/c1-18(11-13-7-3-2-4-8-13)16(19)12-20-15-10-6-5-9-14(15)17/h5-6,9-10,13H,2-4,7-8,11-12H2,1H3. The molecule has 0 spiro atoms. The summed E-state index contributed by atoms with van der Waals surface area (Å²) in [5, 5.41) is 0. The smallest absolute Gasteiger partial charge is 0.260 e. The van der Waals surface area contributed by atoms with Crippen LogP contribution in [0, 0.1) is 11.7 Å². The van der Waals surface area contributed by atoms with Crippen molar-refractivity contribution in [2.24, 2.45) is 5.92 Å². The molecule has 0 aromatic heterocycles. The third-order valence-electron chi connectivity index (χ3n) is 3.87. The highest BCUT2D eigenvalue weighted by atomic mass is 19.1. The topological polar surface area (TPSA) is 29.5 Å². The van der Waals surface area contributed by atoms with Gasteiger partial charge in [0.2, 0.25) is 0 Å². The molecule has 0 unspecified atom stereocenters. The van der Waals surface area contributed by atoms with Crippen molar-refractivity contribution in [2.75, 3.05) is 20.2 Å².